The highest BCUT2D eigenvalue weighted by molar-refractivity contribution is 7.15. The fraction of sp³-hybridized carbons (Fsp3) is 0.333. The van der Waals surface area contributed by atoms with Gasteiger partial charge in [0.1, 0.15) is 16.2 Å². The maximum absolute atomic E-state index is 6.61. The van der Waals surface area contributed by atoms with E-state index >= 15 is 0 Å². The zero-order chi connectivity index (χ0) is 21.7. The van der Waals surface area contributed by atoms with Crippen LogP contribution in [0.5, 0.6) is 0 Å². The number of pyridine rings is 1. The van der Waals surface area contributed by atoms with Crippen LogP contribution < -0.4 is 5.73 Å². The highest BCUT2D eigenvalue weighted by atomic mass is 35.5. The molecular formula is C24H24ClN5OS. The zero-order valence-corrected chi connectivity index (χ0v) is 19.2. The molecule has 0 bridgehead atoms. The summed E-state index contributed by atoms with van der Waals surface area (Å²) < 4.78 is 5.30. The molecule has 0 spiro atoms. The Morgan fingerprint density at radius 3 is 2.62 bits per heavy atom. The molecule has 164 valence electrons. The van der Waals surface area contributed by atoms with Crippen molar-refractivity contribution >= 4 is 34.0 Å². The van der Waals surface area contributed by atoms with Gasteiger partial charge >= 0.3 is 0 Å². The minimum atomic E-state index is -0.484. The van der Waals surface area contributed by atoms with Gasteiger partial charge in [-0.3, -0.25) is 4.90 Å². The van der Waals surface area contributed by atoms with Crippen molar-refractivity contribution in [3.63, 3.8) is 0 Å². The number of fused-ring (bicyclic) bond motifs is 1. The highest BCUT2D eigenvalue weighted by Crippen LogP contribution is 2.41. The summed E-state index contributed by atoms with van der Waals surface area (Å²) in [5, 5.41) is 2.47. The van der Waals surface area contributed by atoms with Gasteiger partial charge in [-0.1, -0.05) is 35.9 Å². The van der Waals surface area contributed by atoms with Crippen LogP contribution in [0.15, 0.2) is 42.7 Å². The van der Waals surface area contributed by atoms with Crippen LogP contribution in [-0.4, -0.2) is 46.2 Å². The molecule has 0 aliphatic carbocycles. The van der Waals surface area contributed by atoms with Gasteiger partial charge in [0.05, 0.1) is 23.1 Å². The fourth-order valence-corrected chi connectivity index (χ4v) is 5.88. The van der Waals surface area contributed by atoms with Crippen LogP contribution in [0, 0.1) is 0 Å². The van der Waals surface area contributed by atoms with Crippen molar-refractivity contribution in [3.8, 4) is 21.7 Å². The van der Waals surface area contributed by atoms with E-state index in [1.165, 1.54) is 31.5 Å². The number of H-pyrrole nitrogens is 1. The van der Waals surface area contributed by atoms with Gasteiger partial charge in [0, 0.05) is 35.6 Å². The number of aromatic nitrogens is 3. The van der Waals surface area contributed by atoms with E-state index in [9.17, 15) is 0 Å². The number of halogens is 1. The van der Waals surface area contributed by atoms with E-state index < -0.39 is 5.54 Å². The van der Waals surface area contributed by atoms with Crippen LogP contribution in [-0.2, 0) is 16.8 Å². The van der Waals surface area contributed by atoms with Crippen molar-refractivity contribution in [2.45, 2.75) is 24.9 Å². The standard InChI is InChI=1S/C24H24ClN5OS/c25-18-10-27-22-17(21(18)20-11-28-23(32-20)24(26)13-31-14-24)9-19(29-22)16-5-3-15(4-6-16)12-30-7-1-2-8-30/h3-6,9-11H,1-2,7-8,12-14,26H2,(H,27,29). The number of hydrogen-bond donors (Lipinski definition) is 2. The molecule has 5 heterocycles. The van der Waals surface area contributed by atoms with Crippen LogP contribution in [0.4, 0.5) is 0 Å². The topological polar surface area (TPSA) is 80.1 Å². The maximum atomic E-state index is 6.61. The van der Waals surface area contributed by atoms with Gasteiger partial charge < -0.3 is 15.5 Å². The van der Waals surface area contributed by atoms with Gasteiger partial charge in [-0.15, -0.1) is 11.3 Å². The van der Waals surface area contributed by atoms with Crippen LogP contribution in [0.2, 0.25) is 5.02 Å². The average molecular weight is 466 g/mol. The largest absolute Gasteiger partial charge is 0.377 e. The number of rotatable bonds is 5. The Morgan fingerprint density at radius 2 is 1.91 bits per heavy atom. The minimum Gasteiger partial charge on any atom is -0.377 e. The average Bonchev–Trinajstić information content (AvgIpc) is 3.53. The van der Waals surface area contributed by atoms with E-state index in [1.807, 2.05) is 6.20 Å². The van der Waals surface area contributed by atoms with E-state index in [4.69, 9.17) is 22.1 Å². The van der Waals surface area contributed by atoms with Crippen LogP contribution in [0.3, 0.4) is 0 Å². The number of nitrogens with two attached hydrogens (primary N) is 1. The Balaban J connectivity index is 1.33. The summed E-state index contributed by atoms with van der Waals surface area (Å²) >= 11 is 8.18. The number of thiazole rings is 1. The van der Waals surface area contributed by atoms with Crippen molar-refractivity contribution in [1.29, 1.82) is 0 Å². The SMILES string of the molecule is NC1(c2ncc(-c3c(Cl)cnc4[nH]c(-c5ccc(CN6CCCC6)cc5)cc34)s2)COC1. The molecule has 2 saturated heterocycles. The molecule has 0 amide bonds. The second-order valence-electron chi connectivity index (χ2n) is 8.79. The first-order valence-electron chi connectivity index (χ1n) is 10.9. The molecule has 6 rings (SSSR count). The lowest BCUT2D eigenvalue weighted by Crippen LogP contribution is -2.54. The second-order valence-corrected chi connectivity index (χ2v) is 10.2. The monoisotopic (exact) mass is 465 g/mol. The molecule has 3 aromatic heterocycles. The Labute approximate surface area is 195 Å². The Morgan fingerprint density at radius 1 is 1.12 bits per heavy atom. The molecular weight excluding hydrogens is 442 g/mol. The molecule has 0 saturated carbocycles. The Hall–Kier alpha value is -2.29. The van der Waals surface area contributed by atoms with Crippen LogP contribution in [0.1, 0.15) is 23.4 Å². The smallest absolute Gasteiger partial charge is 0.138 e. The third-order valence-corrected chi connectivity index (χ3v) is 7.90. The lowest BCUT2D eigenvalue weighted by Gasteiger charge is -2.35. The van der Waals surface area contributed by atoms with Gasteiger partial charge in [-0.05, 0) is 43.1 Å². The second kappa shape index (κ2) is 7.93. The van der Waals surface area contributed by atoms with Crippen molar-refractivity contribution < 1.29 is 4.74 Å². The first-order chi connectivity index (χ1) is 15.6. The summed E-state index contributed by atoms with van der Waals surface area (Å²) in [7, 11) is 0. The minimum absolute atomic E-state index is 0.484. The molecule has 8 heteroatoms. The summed E-state index contributed by atoms with van der Waals surface area (Å²) in [6, 6.07) is 10.9. The highest BCUT2D eigenvalue weighted by Gasteiger charge is 2.39. The van der Waals surface area contributed by atoms with Gasteiger partial charge in [0.2, 0.25) is 0 Å². The molecule has 0 unspecified atom stereocenters. The van der Waals surface area contributed by atoms with E-state index in [0.717, 1.165) is 44.3 Å². The molecule has 6 nitrogen and oxygen atoms in total. The molecule has 2 fully saturated rings. The van der Waals surface area contributed by atoms with E-state index in [0.29, 0.717) is 18.2 Å². The lowest BCUT2D eigenvalue weighted by molar-refractivity contribution is -0.0569. The van der Waals surface area contributed by atoms with Gasteiger partial charge in [0.25, 0.3) is 0 Å². The molecule has 0 atom stereocenters. The van der Waals surface area contributed by atoms with Crippen molar-refractivity contribution in [1.82, 2.24) is 19.9 Å². The zero-order valence-electron chi connectivity index (χ0n) is 17.6. The summed E-state index contributed by atoms with van der Waals surface area (Å²) in [5.74, 6) is 0. The molecule has 2 aliphatic heterocycles. The van der Waals surface area contributed by atoms with Gasteiger partial charge in [-0.25, -0.2) is 9.97 Å². The Kier molecular flexibility index (Phi) is 5.04. The molecule has 0 radical (unpaired) electrons. The first kappa shape index (κ1) is 20.3. The number of aromatic amines is 1. The number of nitrogens with zero attached hydrogens (tertiary/aromatic N) is 3. The fourth-order valence-electron chi connectivity index (χ4n) is 4.51. The number of hydrogen-bond acceptors (Lipinski definition) is 6. The summed E-state index contributed by atoms with van der Waals surface area (Å²) in [4.78, 5) is 16.1. The lowest BCUT2D eigenvalue weighted by atomic mass is 10.0. The van der Waals surface area contributed by atoms with Crippen molar-refractivity contribution in [3.05, 3.63) is 58.3 Å². The van der Waals surface area contributed by atoms with Gasteiger partial charge in [-0.2, -0.15) is 0 Å². The Bertz CT molecular complexity index is 1270. The summed E-state index contributed by atoms with van der Waals surface area (Å²) in [5.41, 5.74) is 11.2. The third-order valence-electron chi connectivity index (χ3n) is 6.38. The number of likely N-dealkylation sites (tertiary alicyclic amines) is 1. The molecule has 32 heavy (non-hydrogen) atoms. The first-order valence-corrected chi connectivity index (χ1v) is 12.1. The van der Waals surface area contributed by atoms with Crippen LogP contribution >= 0.6 is 22.9 Å². The van der Waals surface area contributed by atoms with E-state index in [2.05, 4.69) is 50.2 Å². The van der Waals surface area contributed by atoms with E-state index in [1.54, 1.807) is 17.5 Å². The third kappa shape index (κ3) is 3.54. The van der Waals surface area contributed by atoms with Crippen LogP contribution in [0.25, 0.3) is 32.7 Å². The molecule has 2 aliphatic rings. The summed E-state index contributed by atoms with van der Waals surface area (Å²) in [6.45, 7) is 4.44. The molecule has 3 N–H and O–H groups in total. The molecule has 4 aromatic rings. The predicted octanol–water partition coefficient (Wildman–Crippen LogP) is 4.79. The molecule has 1 aromatic carbocycles. The number of benzene rings is 1. The van der Waals surface area contributed by atoms with Crippen molar-refractivity contribution in [2.75, 3.05) is 26.3 Å². The quantitative estimate of drug-likeness (QED) is 0.443. The predicted molar refractivity (Wildman–Crippen MR) is 129 cm³/mol. The number of nitrogens with one attached hydrogen (secondary N) is 1. The van der Waals surface area contributed by atoms with Crippen molar-refractivity contribution in [2.24, 2.45) is 5.73 Å². The maximum Gasteiger partial charge on any atom is 0.138 e. The number of ether oxygens (including phenoxy) is 1. The van der Waals surface area contributed by atoms with E-state index in [-0.39, 0.29) is 0 Å². The normalized spacial score (nSPS) is 18.3. The van der Waals surface area contributed by atoms with Gasteiger partial charge in [0.15, 0.2) is 0 Å². The summed E-state index contributed by atoms with van der Waals surface area (Å²) in [6.07, 6.45) is 6.18.